The molecule has 0 bridgehead atoms. The molecule has 0 aliphatic rings. The third-order valence-corrected chi connectivity index (χ3v) is 206. The molecule has 0 saturated carbocycles. The Hall–Kier alpha value is 3.65. The van der Waals surface area contributed by atoms with Crippen LogP contribution in [0.25, 0.3) is 0 Å². The van der Waals surface area contributed by atoms with E-state index in [4.69, 9.17) is 0 Å². The Morgan fingerprint density at radius 3 is 1.30 bits per heavy atom. The molecule has 0 aromatic carbocycles. The first-order valence-corrected chi connectivity index (χ1v) is 38.4. The van der Waals surface area contributed by atoms with Crippen molar-refractivity contribution < 1.29 is 0 Å². The molecule has 0 heterocycles. The topological polar surface area (TPSA) is 0 Å². The Kier molecular flexibility index (Phi) is 9.57. The van der Waals surface area contributed by atoms with Gasteiger partial charge in [-0.2, -0.15) is 0 Å². The molecule has 0 aromatic heterocycles. The second kappa shape index (κ2) is 7.01. The Balaban J connectivity index is 3.81. The molecule has 0 fully saturated rings. The van der Waals surface area contributed by atoms with Crippen LogP contribution < -0.4 is 0 Å². The van der Waals surface area contributed by atoms with E-state index < -0.39 is 0 Å². The summed E-state index contributed by atoms with van der Waals surface area (Å²) in [6.45, 7) is 0. The van der Waals surface area contributed by atoms with Crippen LogP contribution in [0.4, 0.5) is 0 Å². The van der Waals surface area contributed by atoms with E-state index in [0.29, 0.717) is 0 Å². The third-order valence-electron chi connectivity index (χ3n) is 0.936. The van der Waals surface area contributed by atoms with Crippen molar-refractivity contribution in [2.75, 3.05) is 24.7 Å². The van der Waals surface area contributed by atoms with Crippen molar-refractivity contribution in [1.82, 2.24) is 0 Å². The summed E-state index contributed by atoms with van der Waals surface area (Å²) in [5, 5.41) is 0. The molecule has 0 amide bonds. The summed E-state index contributed by atoms with van der Waals surface area (Å²) < 4.78 is 0. The van der Waals surface area contributed by atoms with E-state index in [-0.39, 0.29) is 51.5 Å². The first-order chi connectivity index (χ1) is 4.46. The molecule has 0 rings (SSSR count). The molecule has 70 valence electrons. The van der Waals surface area contributed by atoms with Crippen molar-refractivity contribution in [2.45, 2.75) is 0 Å². The summed E-state index contributed by atoms with van der Waals surface area (Å²) in [6, 6.07) is 0. The van der Waals surface area contributed by atoms with Crippen LogP contribution in [0.15, 0.2) is 0 Å². The van der Waals surface area contributed by atoms with Gasteiger partial charge >= 0.3 is 94.7 Å². The Morgan fingerprint density at radius 2 is 1.20 bits per heavy atom. The fourth-order valence-corrected chi connectivity index (χ4v) is 319. The van der Waals surface area contributed by atoms with Gasteiger partial charge in [0.25, 0.3) is 0 Å². The number of hydrogen-bond donors (Lipinski definition) is 0. The van der Waals surface area contributed by atoms with E-state index in [2.05, 4.69) is 43.3 Å². The van der Waals surface area contributed by atoms with E-state index in [1.807, 2.05) is 0 Å². The number of rotatable bonds is 3. The van der Waals surface area contributed by atoms with Gasteiger partial charge in [0.05, 0.1) is 0 Å². The van der Waals surface area contributed by atoms with Gasteiger partial charge in [-0.25, -0.2) is 0 Å². The van der Waals surface area contributed by atoms with Crippen molar-refractivity contribution in [2.24, 2.45) is 0 Å². The average molecular weight is 710 g/mol. The van der Waals surface area contributed by atoms with Gasteiger partial charge in [0, 0.05) is 0 Å². The Morgan fingerprint density at radius 1 is 0.800 bits per heavy atom. The molecular formula is C5H15I5. The molecule has 0 unspecified atom stereocenters. The zero-order chi connectivity index (χ0) is 8.31. The van der Waals surface area contributed by atoms with Crippen molar-refractivity contribution in [3.63, 3.8) is 0 Å². The molecule has 0 N–H and O–H groups in total. The molecule has 0 aromatic rings. The average Bonchev–Trinajstić information content (AvgIpc) is 1.84. The van der Waals surface area contributed by atoms with Crippen LogP contribution in [0, 0.1) is 0 Å². The van der Waals surface area contributed by atoms with Crippen LogP contribution in [0.1, 0.15) is 0 Å². The first kappa shape index (κ1) is 13.7. The molecule has 0 saturated heterocycles. The second-order valence-corrected chi connectivity index (χ2v) is 103. The molecule has 0 nitrogen and oxygen atoms in total. The minimum absolute atomic E-state index is 0.217. The quantitative estimate of drug-likeness (QED) is 0.278. The van der Waals surface area contributed by atoms with Crippen LogP contribution in [0.5, 0.6) is 0 Å². The molecule has 5 heteroatoms. The van der Waals surface area contributed by atoms with E-state index in [1.54, 1.807) is 0 Å². The van der Waals surface area contributed by atoms with Gasteiger partial charge in [-0.1, -0.05) is 0 Å². The molecular weight excluding hydrogens is 695 g/mol. The standard InChI is InChI=1S/C5H15I5/c1-7(2)9(4)10(5)8(3)6/h1-5H3. The van der Waals surface area contributed by atoms with Crippen LogP contribution in [0.3, 0.4) is 0 Å². The predicted octanol–water partition coefficient (Wildman–Crippen LogP) is 5.26. The second-order valence-electron chi connectivity index (χ2n) is 1.68. The summed E-state index contributed by atoms with van der Waals surface area (Å²) in [6.07, 6.45) is 0. The summed E-state index contributed by atoms with van der Waals surface area (Å²) in [5.74, 6) is 0. The number of halogens is 5. The maximum atomic E-state index is 2.81. The van der Waals surface area contributed by atoms with Gasteiger partial charge in [-0.3, -0.25) is 0 Å². The zero-order valence-corrected chi connectivity index (χ0v) is 17.7. The monoisotopic (exact) mass is 710 g/mol. The van der Waals surface area contributed by atoms with Crippen molar-refractivity contribution in [3.8, 4) is 0 Å². The van der Waals surface area contributed by atoms with E-state index >= 15 is 0 Å². The number of hydrogen-bond acceptors (Lipinski definition) is 0. The van der Waals surface area contributed by atoms with E-state index in [1.165, 1.54) is 0 Å². The summed E-state index contributed by atoms with van der Waals surface area (Å²) in [7, 11) is 0. The van der Waals surface area contributed by atoms with Gasteiger partial charge < -0.3 is 0 Å². The maximum absolute atomic E-state index is 2.81. The van der Waals surface area contributed by atoms with Crippen LogP contribution in [0.2, 0.25) is 0 Å². The van der Waals surface area contributed by atoms with Gasteiger partial charge in [0.2, 0.25) is 0 Å². The van der Waals surface area contributed by atoms with E-state index in [0.717, 1.165) is 0 Å². The summed E-state index contributed by atoms with van der Waals surface area (Å²) >= 11 is 1.80. The van der Waals surface area contributed by atoms with Gasteiger partial charge in [-0.05, 0) is 0 Å². The first-order valence-electron chi connectivity index (χ1n) is 2.46. The molecule has 0 aliphatic heterocycles. The Bertz CT molecular complexity index is 80.0. The van der Waals surface area contributed by atoms with E-state index in [9.17, 15) is 0 Å². The number of alkyl halides is 5. The van der Waals surface area contributed by atoms with Crippen LogP contribution in [-0.2, 0) is 0 Å². The fraction of sp³-hybridized carbons (Fsp3) is 1.00. The van der Waals surface area contributed by atoms with Crippen molar-refractivity contribution >= 4 is 70.1 Å². The van der Waals surface area contributed by atoms with Gasteiger partial charge in [0.1, 0.15) is 0 Å². The zero-order valence-electron chi connectivity index (χ0n) is 6.89. The molecule has 0 radical (unpaired) electrons. The molecule has 10 heavy (non-hydrogen) atoms. The Labute approximate surface area is 91.6 Å². The third kappa shape index (κ3) is 5.40. The van der Waals surface area contributed by atoms with Crippen LogP contribution in [-0.4, -0.2) is 24.7 Å². The summed E-state index contributed by atoms with van der Waals surface area (Å²) in [4.78, 5) is 13.1. The SMILES string of the molecule is CI(C)I(C)I(C)I(C)I. The summed E-state index contributed by atoms with van der Waals surface area (Å²) in [5.41, 5.74) is 0. The normalized spacial score (nSPS) is 16.2. The van der Waals surface area contributed by atoms with Crippen LogP contribution >= 0.6 is 70.1 Å². The molecule has 0 aliphatic carbocycles. The van der Waals surface area contributed by atoms with Gasteiger partial charge in [-0.15, -0.1) is 0 Å². The minimum atomic E-state index is -0.298. The fourth-order valence-electron chi connectivity index (χ4n) is 0.251. The predicted molar refractivity (Wildman–Crippen MR) is 99.7 cm³/mol. The van der Waals surface area contributed by atoms with Crippen molar-refractivity contribution in [3.05, 3.63) is 0 Å². The van der Waals surface area contributed by atoms with Crippen molar-refractivity contribution in [1.29, 1.82) is 0 Å². The molecule has 0 spiro atoms. The van der Waals surface area contributed by atoms with Gasteiger partial charge in [0.15, 0.2) is 0 Å². The molecule has 0 atom stereocenters.